The van der Waals surface area contributed by atoms with Gasteiger partial charge in [0.1, 0.15) is 12.2 Å². The number of nitrogens with zero attached hydrogens (tertiary/aromatic N) is 1. The molecule has 1 N–H and O–H groups in total. The van der Waals surface area contributed by atoms with Crippen LogP contribution in [0.3, 0.4) is 0 Å². The van der Waals surface area contributed by atoms with Gasteiger partial charge in [0.05, 0.1) is 0 Å². The third-order valence-electron chi connectivity index (χ3n) is 8.07. The van der Waals surface area contributed by atoms with Gasteiger partial charge in [-0.05, 0) is 43.1 Å². The van der Waals surface area contributed by atoms with Gasteiger partial charge in [-0.15, -0.1) is 0 Å². The molecule has 0 aromatic heterocycles. The summed E-state index contributed by atoms with van der Waals surface area (Å²) in [5.41, 5.74) is 1.18. The van der Waals surface area contributed by atoms with Crippen molar-refractivity contribution in [3.63, 3.8) is 0 Å². The van der Waals surface area contributed by atoms with E-state index in [0.29, 0.717) is 25.3 Å². The summed E-state index contributed by atoms with van der Waals surface area (Å²) >= 11 is 0. The van der Waals surface area contributed by atoms with Crippen molar-refractivity contribution in [2.45, 2.75) is 97.3 Å². The highest BCUT2D eigenvalue weighted by atomic mass is 31.2. The van der Waals surface area contributed by atoms with E-state index in [1.807, 2.05) is 44.2 Å². The molecule has 0 bridgehead atoms. The van der Waals surface area contributed by atoms with Crippen LogP contribution in [-0.4, -0.2) is 82.1 Å². The van der Waals surface area contributed by atoms with Crippen LogP contribution in [0.1, 0.15) is 84.1 Å². The van der Waals surface area contributed by atoms with E-state index in [2.05, 4.69) is 0 Å². The normalized spacial score (nSPS) is 21.9. The van der Waals surface area contributed by atoms with Gasteiger partial charge in [-0.25, -0.2) is 4.79 Å². The summed E-state index contributed by atoms with van der Waals surface area (Å²) in [6.07, 6.45) is 7.12. The van der Waals surface area contributed by atoms with Crippen molar-refractivity contribution in [2.75, 3.05) is 18.9 Å². The number of ether oxygens (including phenoxy) is 1. The minimum Gasteiger partial charge on any atom is -0.480 e. The topological polar surface area (TPSA) is 110 Å². The number of amides is 1. The number of hydrogen-bond donors (Lipinski definition) is 1. The van der Waals surface area contributed by atoms with Gasteiger partial charge in [0.25, 0.3) is 0 Å². The van der Waals surface area contributed by atoms with E-state index in [4.69, 9.17) is 9.26 Å². The Kier molecular flexibility index (Phi) is 14.7. The van der Waals surface area contributed by atoms with Crippen LogP contribution in [0.15, 0.2) is 30.3 Å². The molecular formula is C30H48MgNO7P. The van der Waals surface area contributed by atoms with Crippen LogP contribution >= 0.6 is 7.37 Å². The quantitative estimate of drug-likeness (QED) is 0.104. The summed E-state index contributed by atoms with van der Waals surface area (Å²) < 4.78 is 25.7. The van der Waals surface area contributed by atoms with Gasteiger partial charge in [0, 0.05) is 25.0 Å². The van der Waals surface area contributed by atoms with E-state index in [9.17, 15) is 24.1 Å². The predicted octanol–water partition coefficient (Wildman–Crippen LogP) is 5.21. The van der Waals surface area contributed by atoms with Crippen LogP contribution in [0.5, 0.6) is 0 Å². The first-order valence-electron chi connectivity index (χ1n) is 14.6. The number of carbonyl (C=O) groups excluding carboxylic acids is 2. The molecule has 1 amide bonds. The SMILES string of the molecule is CCC(=O)O[C@H](O[P@](=O)(CCCCc1ccccc1)CC(=O)N1C[C@H](C2CCCCC2)C[C@H]1C(=O)O)C(C)C.[MgH2]. The van der Waals surface area contributed by atoms with Gasteiger partial charge in [-0.3, -0.25) is 18.7 Å². The number of carboxylic acid groups (broad SMARTS) is 1. The number of esters is 1. The molecule has 1 aromatic carbocycles. The van der Waals surface area contributed by atoms with Crippen LogP contribution in [-0.2, 0) is 34.6 Å². The Bertz CT molecular complexity index is 999. The lowest BCUT2D eigenvalue weighted by Crippen LogP contribution is -2.42. The molecule has 0 unspecified atom stereocenters. The number of hydrogen-bond acceptors (Lipinski definition) is 6. The zero-order chi connectivity index (χ0) is 28.4. The summed E-state index contributed by atoms with van der Waals surface area (Å²) in [7, 11) is -3.60. The van der Waals surface area contributed by atoms with E-state index in [-0.39, 0.29) is 53.6 Å². The number of carboxylic acids is 1. The molecule has 1 aliphatic carbocycles. The Morgan fingerprint density at radius 3 is 2.33 bits per heavy atom. The average Bonchev–Trinajstić information content (AvgIpc) is 3.38. The second-order valence-corrected chi connectivity index (χ2v) is 14.1. The predicted molar refractivity (Wildman–Crippen MR) is 159 cm³/mol. The van der Waals surface area contributed by atoms with Crippen molar-refractivity contribution >= 4 is 48.3 Å². The largest absolute Gasteiger partial charge is 0.480 e. The fraction of sp³-hybridized carbons (Fsp3) is 0.700. The number of rotatable bonds is 14. The number of benzene rings is 1. The molecule has 1 aliphatic heterocycles. The van der Waals surface area contributed by atoms with Gasteiger partial charge in [0.15, 0.2) is 0 Å². The summed E-state index contributed by atoms with van der Waals surface area (Å²) in [5, 5.41) is 9.92. The molecule has 3 rings (SSSR count). The van der Waals surface area contributed by atoms with Crippen molar-refractivity contribution in [2.24, 2.45) is 17.8 Å². The van der Waals surface area contributed by atoms with Gasteiger partial charge < -0.3 is 14.7 Å². The molecule has 0 radical (unpaired) electrons. The Morgan fingerprint density at radius 2 is 1.73 bits per heavy atom. The molecule has 0 spiro atoms. The lowest BCUT2D eigenvalue weighted by molar-refractivity contribution is -0.169. The van der Waals surface area contributed by atoms with Gasteiger partial charge in [0.2, 0.25) is 19.6 Å². The molecule has 1 heterocycles. The van der Waals surface area contributed by atoms with Crippen LogP contribution in [0.25, 0.3) is 0 Å². The van der Waals surface area contributed by atoms with Crippen molar-refractivity contribution in [3.05, 3.63) is 35.9 Å². The molecule has 222 valence electrons. The zero-order valence-electron chi connectivity index (χ0n) is 23.8. The van der Waals surface area contributed by atoms with Crippen LogP contribution in [0.4, 0.5) is 0 Å². The Hall–Kier alpha value is -1.41. The van der Waals surface area contributed by atoms with E-state index < -0.39 is 37.5 Å². The van der Waals surface area contributed by atoms with Crippen LogP contribution < -0.4 is 0 Å². The number of aryl methyl sites for hydroxylation is 1. The third-order valence-corrected chi connectivity index (χ3v) is 10.4. The maximum absolute atomic E-state index is 14.2. The molecule has 2 fully saturated rings. The molecule has 1 saturated carbocycles. The van der Waals surface area contributed by atoms with Gasteiger partial charge >= 0.3 is 35.0 Å². The van der Waals surface area contributed by atoms with Crippen molar-refractivity contribution in [1.29, 1.82) is 0 Å². The number of unbranched alkanes of at least 4 members (excludes halogenated alkanes) is 1. The second-order valence-electron chi connectivity index (χ2n) is 11.5. The Balaban J connectivity index is 0.00000560. The fourth-order valence-corrected chi connectivity index (χ4v) is 8.10. The standard InChI is InChI=1S/C30H46NO7P.Mg.2H/c1-4-28(33)37-30(22(2)3)38-39(36,18-12-11-15-23-13-7-5-8-14-23)21-27(32)31-20-25(19-26(31)29(34)35)24-16-9-6-10-17-24;;;/h5,7-8,13-14,22,24-26,30H,4,6,9-12,15-21H2,1-3H3,(H,34,35);;;/t25-,26+,30-,39-;;;/m1.../s1. The number of carbonyl (C=O) groups is 3. The molecular weight excluding hydrogens is 542 g/mol. The van der Waals surface area contributed by atoms with E-state index in [1.54, 1.807) is 6.92 Å². The lowest BCUT2D eigenvalue weighted by atomic mass is 9.79. The van der Waals surface area contributed by atoms with E-state index >= 15 is 0 Å². The highest BCUT2D eigenvalue weighted by molar-refractivity contribution is 7.59. The van der Waals surface area contributed by atoms with Crippen molar-refractivity contribution in [1.82, 2.24) is 4.90 Å². The van der Waals surface area contributed by atoms with Gasteiger partial charge in [-0.2, -0.15) is 0 Å². The Labute approximate surface area is 255 Å². The molecule has 1 aromatic rings. The van der Waals surface area contributed by atoms with E-state index in [1.165, 1.54) is 16.9 Å². The maximum Gasteiger partial charge on any atom is 0.326 e. The summed E-state index contributed by atoms with van der Waals surface area (Å²) in [6.45, 7) is 5.68. The number of aliphatic carboxylic acids is 1. The summed E-state index contributed by atoms with van der Waals surface area (Å²) in [6, 6.07) is 9.10. The first kappa shape index (κ1) is 34.8. The first-order chi connectivity index (χ1) is 18.6. The van der Waals surface area contributed by atoms with Crippen molar-refractivity contribution < 1.29 is 33.3 Å². The first-order valence-corrected chi connectivity index (χ1v) is 16.6. The molecule has 10 heteroatoms. The Morgan fingerprint density at radius 1 is 1.05 bits per heavy atom. The molecule has 4 atom stereocenters. The maximum atomic E-state index is 14.2. The average molecular weight is 590 g/mol. The third kappa shape index (κ3) is 10.4. The highest BCUT2D eigenvalue weighted by Gasteiger charge is 2.44. The smallest absolute Gasteiger partial charge is 0.326 e. The summed E-state index contributed by atoms with van der Waals surface area (Å²) in [5.74, 6) is -1.61. The van der Waals surface area contributed by atoms with Crippen LogP contribution in [0.2, 0.25) is 0 Å². The highest BCUT2D eigenvalue weighted by Crippen LogP contribution is 2.51. The molecule has 40 heavy (non-hydrogen) atoms. The second kappa shape index (κ2) is 16.9. The summed E-state index contributed by atoms with van der Waals surface area (Å²) in [4.78, 5) is 39.2. The van der Waals surface area contributed by atoms with Crippen LogP contribution in [0, 0.1) is 17.8 Å². The zero-order valence-corrected chi connectivity index (χ0v) is 24.7. The minimum atomic E-state index is -3.60. The molecule has 8 nitrogen and oxygen atoms in total. The van der Waals surface area contributed by atoms with E-state index in [0.717, 1.165) is 38.5 Å². The monoisotopic (exact) mass is 589 g/mol. The fourth-order valence-electron chi connectivity index (χ4n) is 5.80. The number of likely N-dealkylation sites (tertiary alicyclic amines) is 1. The molecule has 1 saturated heterocycles. The lowest BCUT2D eigenvalue weighted by Gasteiger charge is -2.30. The molecule has 2 aliphatic rings. The van der Waals surface area contributed by atoms with Crippen molar-refractivity contribution in [3.8, 4) is 0 Å². The van der Waals surface area contributed by atoms with Gasteiger partial charge in [-0.1, -0.05) is 83.2 Å². The minimum absolute atomic E-state index is 0.